The number of aliphatic hydroxyl groups is 1. The summed E-state index contributed by atoms with van der Waals surface area (Å²) in [6.45, 7) is 1.73. The molecular formula is C9H12BrN3O. The van der Waals surface area contributed by atoms with Gasteiger partial charge in [-0.2, -0.15) is 0 Å². The first-order chi connectivity index (χ1) is 6.75. The van der Waals surface area contributed by atoms with E-state index in [1.807, 2.05) is 6.07 Å². The number of hydrogen-bond donors (Lipinski definition) is 1. The first kappa shape index (κ1) is 9.86. The second-order valence-electron chi connectivity index (χ2n) is 3.40. The van der Waals surface area contributed by atoms with Crippen molar-refractivity contribution < 1.29 is 5.11 Å². The second kappa shape index (κ2) is 4.23. The van der Waals surface area contributed by atoms with E-state index in [0.29, 0.717) is 4.73 Å². The number of hydrogen-bond acceptors (Lipinski definition) is 4. The largest absolute Gasteiger partial charge is 0.393 e. The highest BCUT2D eigenvalue weighted by atomic mass is 79.9. The van der Waals surface area contributed by atoms with Gasteiger partial charge in [-0.3, -0.25) is 0 Å². The zero-order valence-electron chi connectivity index (χ0n) is 7.73. The van der Waals surface area contributed by atoms with Gasteiger partial charge in [-0.25, -0.2) is 9.97 Å². The summed E-state index contributed by atoms with van der Waals surface area (Å²) in [5.74, 6) is 0.929. The van der Waals surface area contributed by atoms with Crippen LogP contribution in [0.15, 0.2) is 17.0 Å². The van der Waals surface area contributed by atoms with Crippen molar-refractivity contribution in [1.29, 1.82) is 0 Å². The summed E-state index contributed by atoms with van der Waals surface area (Å²) in [6.07, 6.45) is 3.23. The Labute approximate surface area is 91.1 Å². The van der Waals surface area contributed by atoms with Crippen LogP contribution in [0.4, 0.5) is 5.82 Å². The summed E-state index contributed by atoms with van der Waals surface area (Å²) in [6, 6.07) is 1.89. The first-order valence-electron chi connectivity index (χ1n) is 4.67. The van der Waals surface area contributed by atoms with Crippen LogP contribution in [0.1, 0.15) is 12.8 Å². The van der Waals surface area contributed by atoms with Gasteiger partial charge in [-0.05, 0) is 34.8 Å². The topological polar surface area (TPSA) is 49.2 Å². The van der Waals surface area contributed by atoms with Crippen LogP contribution in [0.2, 0.25) is 0 Å². The third-order valence-corrected chi connectivity index (χ3v) is 2.78. The van der Waals surface area contributed by atoms with Crippen molar-refractivity contribution in [2.45, 2.75) is 18.9 Å². The van der Waals surface area contributed by atoms with Gasteiger partial charge in [0.25, 0.3) is 0 Å². The molecule has 1 aliphatic heterocycles. The quantitative estimate of drug-likeness (QED) is 0.769. The lowest BCUT2D eigenvalue weighted by atomic mass is 10.1. The number of anilines is 1. The minimum Gasteiger partial charge on any atom is -0.393 e. The van der Waals surface area contributed by atoms with E-state index in [4.69, 9.17) is 0 Å². The van der Waals surface area contributed by atoms with E-state index >= 15 is 0 Å². The molecule has 0 unspecified atom stereocenters. The van der Waals surface area contributed by atoms with E-state index in [1.54, 1.807) is 6.20 Å². The molecule has 1 fully saturated rings. The van der Waals surface area contributed by atoms with Gasteiger partial charge < -0.3 is 10.0 Å². The lowest BCUT2D eigenvalue weighted by Crippen LogP contribution is -2.36. The third-order valence-electron chi connectivity index (χ3n) is 2.40. The Morgan fingerprint density at radius 3 is 2.79 bits per heavy atom. The minimum absolute atomic E-state index is 0.142. The van der Waals surface area contributed by atoms with Gasteiger partial charge >= 0.3 is 0 Å². The Morgan fingerprint density at radius 1 is 1.43 bits per heavy atom. The van der Waals surface area contributed by atoms with Crippen molar-refractivity contribution in [2.24, 2.45) is 0 Å². The van der Waals surface area contributed by atoms with Crippen molar-refractivity contribution in [1.82, 2.24) is 9.97 Å². The molecular weight excluding hydrogens is 246 g/mol. The summed E-state index contributed by atoms with van der Waals surface area (Å²) in [4.78, 5) is 10.4. The molecule has 1 aromatic heterocycles. The van der Waals surface area contributed by atoms with E-state index < -0.39 is 0 Å². The van der Waals surface area contributed by atoms with Crippen LogP contribution in [0.5, 0.6) is 0 Å². The monoisotopic (exact) mass is 257 g/mol. The van der Waals surface area contributed by atoms with E-state index in [9.17, 15) is 5.11 Å². The summed E-state index contributed by atoms with van der Waals surface area (Å²) in [5, 5.41) is 9.36. The zero-order valence-corrected chi connectivity index (χ0v) is 9.31. The molecule has 1 aromatic rings. The summed E-state index contributed by atoms with van der Waals surface area (Å²) in [5.41, 5.74) is 0. The van der Waals surface area contributed by atoms with Crippen molar-refractivity contribution in [3.63, 3.8) is 0 Å². The summed E-state index contributed by atoms with van der Waals surface area (Å²) < 4.78 is 0.612. The number of rotatable bonds is 1. The van der Waals surface area contributed by atoms with Crippen LogP contribution < -0.4 is 4.90 Å². The van der Waals surface area contributed by atoms with Crippen LogP contribution in [0, 0.1) is 0 Å². The Morgan fingerprint density at radius 2 is 2.14 bits per heavy atom. The van der Waals surface area contributed by atoms with Gasteiger partial charge in [0.15, 0.2) is 4.73 Å². The highest BCUT2D eigenvalue weighted by Gasteiger charge is 2.17. The number of aliphatic hydroxyl groups excluding tert-OH is 1. The van der Waals surface area contributed by atoms with Crippen LogP contribution in [-0.2, 0) is 0 Å². The molecule has 4 nitrogen and oxygen atoms in total. The predicted molar refractivity (Wildman–Crippen MR) is 57.2 cm³/mol. The predicted octanol–water partition coefficient (Wildman–Crippen LogP) is 1.20. The fourth-order valence-electron chi connectivity index (χ4n) is 1.60. The summed E-state index contributed by atoms with van der Waals surface area (Å²) in [7, 11) is 0. The highest BCUT2D eigenvalue weighted by molar-refractivity contribution is 9.10. The Bertz CT molecular complexity index is 313. The highest BCUT2D eigenvalue weighted by Crippen LogP contribution is 2.18. The number of halogens is 1. The fourth-order valence-corrected chi connectivity index (χ4v) is 1.90. The van der Waals surface area contributed by atoms with Crippen LogP contribution in [0.3, 0.4) is 0 Å². The number of aromatic nitrogens is 2. The van der Waals surface area contributed by atoms with Gasteiger partial charge in [0.1, 0.15) is 5.82 Å². The Balaban J connectivity index is 2.08. The Kier molecular flexibility index (Phi) is 2.98. The molecule has 0 aromatic carbocycles. The maximum Gasteiger partial charge on any atom is 0.198 e. The van der Waals surface area contributed by atoms with Crippen LogP contribution in [0.25, 0.3) is 0 Å². The normalized spacial score (nSPS) is 18.6. The van der Waals surface area contributed by atoms with E-state index in [0.717, 1.165) is 31.7 Å². The Hall–Kier alpha value is -0.680. The molecule has 0 aliphatic carbocycles. The molecule has 1 N–H and O–H groups in total. The lowest BCUT2D eigenvalue weighted by molar-refractivity contribution is 0.145. The molecule has 0 radical (unpaired) electrons. The lowest BCUT2D eigenvalue weighted by Gasteiger charge is -2.30. The van der Waals surface area contributed by atoms with E-state index in [-0.39, 0.29) is 6.10 Å². The molecule has 76 valence electrons. The van der Waals surface area contributed by atoms with Crippen molar-refractivity contribution in [2.75, 3.05) is 18.0 Å². The molecule has 0 amide bonds. The average molecular weight is 258 g/mol. The molecule has 5 heteroatoms. The molecule has 0 atom stereocenters. The zero-order chi connectivity index (χ0) is 9.97. The van der Waals surface area contributed by atoms with Gasteiger partial charge in [0, 0.05) is 19.3 Å². The molecule has 0 spiro atoms. The molecule has 14 heavy (non-hydrogen) atoms. The smallest absolute Gasteiger partial charge is 0.198 e. The molecule has 1 aliphatic rings. The van der Waals surface area contributed by atoms with Crippen molar-refractivity contribution in [3.05, 3.63) is 17.0 Å². The second-order valence-corrected chi connectivity index (χ2v) is 4.11. The van der Waals surface area contributed by atoms with Crippen LogP contribution in [-0.4, -0.2) is 34.3 Å². The van der Waals surface area contributed by atoms with Gasteiger partial charge in [0.05, 0.1) is 6.10 Å². The maximum atomic E-state index is 9.36. The number of piperidine rings is 1. The maximum absolute atomic E-state index is 9.36. The van der Waals surface area contributed by atoms with Crippen LogP contribution >= 0.6 is 15.9 Å². The SMILES string of the molecule is OC1CCN(c2ccnc(Br)n2)CC1. The summed E-state index contributed by atoms with van der Waals surface area (Å²) >= 11 is 3.24. The van der Waals surface area contributed by atoms with Gasteiger partial charge in [0.2, 0.25) is 0 Å². The average Bonchev–Trinajstić information content (AvgIpc) is 2.19. The van der Waals surface area contributed by atoms with Gasteiger partial charge in [-0.15, -0.1) is 0 Å². The molecule has 1 saturated heterocycles. The molecule has 2 heterocycles. The number of nitrogens with zero attached hydrogens (tertiary/aromatic N) is 3. The minimum atomic E-state index is -0.142. The van der Waals surface area contributed by atoms with E-state index in [1.165, 1.54) is 0 Å². The van der Waals surface area contributed by atoms with Crippen molar-refractivity contribution in [3.8, 4) is 0 Å². The van der Waals surface area contributed by atoms with Crippen molar-refractivity contribution >= 4 is 21.7 Å². The molecule has 2 rings (SSSR count). The molecule has 0 bridgehead atoms. The fraction of sp³-hybridized carbons (Fsp3) is 0.556. The first-order valence-corrected chi connectivity index (χ1v) is 5.46. The van der Waals surface area contributed by atoms with E-state index in [2.05, 4.69) is 30.8 Å². The molecule has 0 saturated carbocycles. The third kappa shape index (κ3) is 2.22. The standard InChI is InChI=1S/C9H12BrN3O/c10-9-11-4-1-8(12-9)13-5-2-7(14)3-6-13/h1,4,7,14H,2-3,5-6H2. The van der Waals surface area contributed by atoms with Gasteiger partial charge in [-0.1, -0.05) is 0 Å².